The number of nitrogens with zero attached hydrogens (tertiary/aromatic N) is 3. The molecule has 2 aromatic heterocycles. The Kier molecular flexibility index (Phi) is 2.89. The van der Waals surface area contributed by atoms with E-state index in [2.05, 4.69) is 22.7 Å². The van der Waals surface area contributed by atoms with Crippen LogP contribution in [0.3, 0.4) is 0 Å². The van der Waals surface area contributed by atoms with Gasteiger partial charge in [0.2, 0.25) is 5.43 Å². The van der Waals surface area contributed by atoms with Crippen molar-refractivity contribution in [3.8, 4) is 0 Å². The van der Waals surface area contributed by atoms with E-state index in [0.717, 1.165) is 11.2 Å². The Labute approximate surface area is 103 Å². The van der Waals surface area contributed by atoms with E-state index in [1.165, 1.54) is 6.33 Å². The van der Waals surface area contributed by atoms with Gasteiger partial charge in [0.1, 0.15) is 11.8 Å². The van der Waals surface area contributed by atoms with Gasteiger partial charge in [-0.2, -0.15) is 17.7 Å². The zero-order chi connectivity index (χ0) is 12.6. The van der Waals surface area contributed by atoms with Crippen LogP contribution in [0.1, 0.15) is 5.69 Å². The molecule has 0 bridgehead atoms. The molecular formula is C11H12N4OS. The highest BCUT2D eigenvalue weighted by molar-refractivity contribution is 7.79. The average Bonchev–Trinajstić information content (AvgIpc) is 2.69. The van der Waals surface area contributed by atoms with E-state index in [4.69, 9.17) is 5.73 Å². The van der Waals surface area contributed by atoms with E-state index in [-0.39, 0.29) is 11.1 Å². The molecule has 2 heterocycles. The Morgan fingerprint density at radius 3 is 2.76 bits per heavy atom. The molecule has 3 rings (SSSR count). The van der Waals surface area contributed by atoms with Gasteiger partial charge in [0.25, 0.3) is 0 Å². The Morgan fingerprint density at radius 2 is 2.06 bits per heavy atom. The number of aromatic nitrogens is 3. The highest BCUT2D eigenvalue weighted by atomic mass is 32.1. The van der Waals surface area contributed by atoms with Gasteiger partial charge in [-0.1, -0.05) is 0 Å². The van der Waals surface area contributed by atoms with Gasteiger partial charge in [-0.25, -0.2) is 9.50 Å². The standard InChI is InChI=1S/C10H8N4O.CH4S/c1-5-2-6-9-8(3-7(11)10(6)15)12-4-13-14(5)9;1-2/h2-4H,11H2,1H3;2H,1H3. The van der Waals surface area contributed by atoms with E-state index < -0.39 is 0 Å². The fourth-order valence-electron chi connectivity index (χ4n) is 1.87. The summed E-state index contributed by atoms with van der Waals surface area (Å²) in [6.45, 7) is 1.89. The first-order valence-electron chi connectivity index (χ1n) is 4.98. The minimum absolute atomic E-state index is 0.150. The van der Waals surface area contributed by atoms with E-state index in [9.17, 15) is 4.79 Å². The van der Waals surface area contributed by atoms with Crippen LogP contribution in [0.5, 0.6) is 0 Å². The average molecular weight is 248 g/mol. The Hall–Kier alpha value is -1.82. The zero-order valence-corrected chi connectivity index (χ0v) is 10.4. The van der Waals surface area contributed by atoms with Crippen LogP contribution in [0.2, 0.25) is 0 Å². The van der Waals surface area contributed by atoms with Gasteiger partial charge in [0.15, 0.2) is 0 Å². The molecule has 0 aliphatic rings. The second kappa shape index (κ2) is 4.21. The van der Waals surface area contributed by atoms with Crippen molar-refractivity contribution in [1.29, 1.82) is 0 Å². The maximum Gasteiger partial charge on any atom is 0.211 e. The van der Waals surface area contributed by atoms with E-state index >= 15 is 0 Å². The Balaban J connectivity index is 0.000000514. The topological polar surface area (TPSA) is 73.3 Å². The second-order valence-corrected chi connectivity index (χ2v) is 3.53. The summed E-state index contributed by atoms with van der Waals surface area (Å²) in [5.41, 5.74) is 8.05. The third-order valence-electron chi connectivity index (χ3n) is 2.56. The number of benzene rings is 1. The number of rotatable bonds is 0. The van der Waals surface area contributed by atoms with Crippen LogP contribution >= 0.6 is 12.6 Å². The smallest absolute Gasteiger partial charge is 0.211 e. The summed E-state index contributed by atoms with van der Waals surface area (Å²) in [5.74, 6) is 0. The first kappa shape index (κ1) is 11.7. The molecule has 1 aromatic carbocycles. The molecule has 0 fully saturated rings. The normalized spacial score (nSPS) is 10.5. The lowest BCUT2D eigenvalue weighted by Gasteiger charge is -1.99. The molecule has 0 aliphatic heterocycles. The van der Waals surface area contributed by atoms with Crippen LogP contribution in [-0.4, -0.2) is 20.9 Å². The summed E-state index contributed by atoms with van der Waals surface area (Å²) in [4.78, 5) is 15.8. The van der Waals surface area contributed by atoms with Crippen molar-refractivity contribution in [1.82, 2.24) is 14.6 Å². The van der Waals surface area contributed by atoms with E-state index in [1.54, 1.807) is 22.9 Å². The summed E-state index contributed by atoms with van der Waals surface area (Å²) in [5, 5.41) is 4.67. The molecule has 0 atom stereocenters. The molecule has 0 unspecified atom stereocenters. The number of nitrogens with two attached hydrogens (primary N) is 1. The van der Waals surface area contributed by atoms with Crippen LogP contribution in [0.15, 0.2) is 23.3 Å². The lowest BCUT2D eigenvalue weighted by atomic mass is 10.2. The summed E-state index contributed by atoms with van der Waals surface area (Å²) >= 11 is 3.53. The highest BCUT2D eigenvalue weighted by Crippen LogP contribution is 2.20. The molecule has 17 heavy (non-hydrogen) atoms. The van der Waals surface area contributed by atoms with Gasteiger partial charge < -0.3 is 5.73 Å². The Bertz CT molecular complexity index is 722. The van der Waals surface area contributed by atoms with Crippen LogP contribution in [-0.2, 0) is 0 Å². The number of hydrogen-bond acceptors (Lipinski definition) is 5. The van der Waals surface area contributed by atoms with E-state index in [1.807, 2.05) is 6.92 Å². The van der Waals surface area contributed by atoms with Gasteiger partial charge in [0, 0.05) is 5.69 Å². The van der Waals surface area contributed by atoms with Crippen molar-refractivity contribution in [3.63, 3.8) is 0 Å². The van der Waals surface area contributed by atoms with Crippen LogP contribution in [0, 0.1) is 6.92 Å². The highest BCUT2D eigenvalue weighted by Gasteiger charge is 2.12. The molecule has 0 radical (unpaired) electrons. The van der Waals surface area contributed by atoms with Crippen molar-refractivity contribution in [2.75, 3.05) is 12.0 Å². The largest absolute Gasteiger partial charge is 0.395 e. The minimum atomic E-state index is -0.150. The van der Waals surface area contributed by atoms with Gasteiger partial charge >= 0.3 is 0 Å². The fraction of sp³-hybridized carbons (Fsp3) is 0.182. The molecule has 88 valence electrons. The molecule has 0 saturated heterocycles. The SMILES string of the molecule is CS.Cc1cc2c(=O)c(N)cc3ncnn1c32. The quantitative estimate of drug-likeness (QED) is 0.462. The summed E-state index contributed by atoms with van der Waals surface area (Å²) < 4.78 is 1.71. The molecule has 0 amide bonds. The van der Waals surface area contributed by atoms with Gasteiger partial charge in [-0.15, -0.1) is 0 Å². The first-order valence-corrected chi connectivity index (χ1v) is 5.88. The summed E-state index contributed by atoms with van der Waals surface area (Å²) in [7, 11) is 0. The third kappa shape index (κ3) is 1.61. The summed E-state index contributed by atoms with van der Waals surface area (Å²) in [6, 6.07) is 3.38. The molecule has 0 spiro atoms. The van der Waals surface area contributed by atoms with Gasteiger partial charge in [-0.3, -0.25) is 4.79 Å². The maximum absolute atomic E-state index is 11.8. The van der Waals surface area contributed by atoms with Crippen molar-refractivity contribution in [2.24, 2.45) is 0 Å². The molecule has 6 heteroatoms. The minimum Gasteiger partial charge on any atom is -0.395 e. The van der Waals surface area contributed by atoms with Crippen molar-refractivity contribution >= 4 is 34.7 Å². The van der Waals surface area contributed by atoms with Gasteiger partial charge in [0.05, 0.1) is 16.6 Å². The second-order valence-electron chi connectivity index (χ2n) is 3.53. The number of aryl methyl sites for hydroxylation is 1. The number of anilines is 1. The molecule has 0 saturated carbocycles. The van der Waals surface area contributed by atoms with Crippen LogP contribution in [0.25, 0.3) is 16.4 Å². The number of hydrogen-bond donors (Lipinski definition) is 2. The van der Waals surface area contributed by atoms with E-state index in [0.29, 0.717) is 10.9 Å². The van der Waals surface area contributed by atoms with Gasteiger partial charge in [-0.05, 0) is 25.3 Å². The monoisotopic (exact) mass is 248 g/mol. The predicted molar refractivity (Wildman–Crippen MR) is 72.0 cm³/mol. The van der Waals surface area contributed by atoms with Crippen molar-refractivity contribution in [3.05, 3.63) is 34.4 Å². The fourth-order valence-corrected chi connectivity index (χ4v) is 1.87. The lowest BCUT2D eigenvalue weighted by molar-refractivity contribution is 0.882. The van der Waals surface area contributed by atoms with Crippen molar-refractivity contribution < 1.29 is 0 Å². The maximum atomic E-state index is 11.8. The predicted octanol–water partition coefficient (Wildman–Crippen LogP) is 1.12. The molecule has 3 aromatic rings. The molecule has 0 aliphatic carbocycles. The first-order chi connectivity index (χ1) is 8.18. The molecular weight excluding hydrogens is 236 g/mol. The number of nitrogen functional groups attached to an aromatic ring is 1. The van der Waals surface area contributed by atoms with Crippen LogP contribution in [0.4, 0.5) is 5.69 Å². The third-order valence-corrected chi connectivity index (χ3v) is 2.56. The number of thiol groups is 1. The summed E-state index contributed by atoms with van der Waals surface area (Å²) in [6.07, 6.45) is 3.15. The Morgan fingerprint density at radius 1 is 1.35 bits per heavy atom. The van der Waals surface area contributed by atoms with Crippen molar-refractivity contribution in [2.45, 2.75) is 6.92 Å². The molecule has 5 nitrogen and oxygen atoms in total. The lowest BCUT2D eigenvalue weighted by Crippen LogP contribution is -2.08. The zero-order valence-electron chi connectivity index (χ0n) is 9.51. The van der Waals surface area contributed by atoms with Crippen LogP contribution < -0.4 is 11.2 Å². The molecule has 2 N–H and O–H groups in total.